The molecule has 10 heteroatoms. The van der Waals surface area contributed by atoms with Gasteiger partial charge in [-0.2, -0.15) is 13.2 Å². The number of hydrogen-bond donors (Lipinski definition) is 1. The van der Waals surface area contributed by atoms with Gasteiger partial charge in [0.1, 0.15) is 4.88 Å². The number of sulfonamides is 1. The van der Waals surface area contributed by atoms with Crippen LogP contribution in [0.25, 0.3) is 0 Å². The highest BCUT2D eigenvalue weighted by Gasteiger charge is 2.32. The van der Waals surface area contributed by atoms with Crippen molar-refractivity contribution in [2.75, 3.05) is 11.8 Å². The largest absolute Gasteiger partial charge is 0.465 e. The molecule has 0 spiro atoms. The minimum absolute atomic E-state index is 0.00282. The van der Waals surface area contributed by atoms with Crippen LogP contribution in [0.2, 0.25) is 0 Å². The van der Waals surface area contributed by atoms with Gasteiger partial charge in [-0.3, -0.25) is 4.72 Å². The molecule has 0 fully saturated rings. The number of alkyl halides is 3. The van der Waals surface area contributed by atoms with E-state index in [9.17, 15) is 26.4 Å². The van der Waals surface area contributed by atoms with Gasteiger partial charge >= 0.3 is 12.1 Å². The fraction of sp³-hybridized carbons (Fsp3) is 0.154. The molecule has 1 aromatic heterocycles. The van der Waals surface area contributed by atoms with E-state index in [4.69, 9.17) is 0 Å². The van der Waals surface area contributed by atoms with Crippen LogP contribution in [-0.2, 0) is 20.9 Å². The molecule has 1 aromatic carbocycles. The van der Waals surface area contributed by atoms with E-state index in [0.717, 1.165) is 36.6 Å². The Balaban J connectivity index is 2.37. The molecule has 0 aliphatic carbocycles. The lowest BCUT2D eigenvalue weighted by Gasteiger charge is -2.11. The lowest BCUT2D eigenvalue weighted by atomic mass is 10.2. The average Bonchev–Trinajstić information content (AvgIpc) is 2.93. The van der Waals surface area contributed by atoms with Crippen molar-refractivity contribution in [3.05, 3.63) is 46.2 Å². The number of carbonyl (C=O) groups is 1. The first-order valence-electron chi connectivity index (χ1n) is 6.01. The van der Waals surface area contributed by atoms with Crippen molar-refractivity contribution in [1.29, 1.82) is 0 Å². The van der Waals surface area contributed by atoms with E-state index in [2.05, 4.69) is 9.46 Å². The molecule has 0 saturated carbocycles. The molecular formula is C13H10F3NO4S2. The number of nitrogens with one attached hydrogen (secondary N) is 1. The minimum atomic E-state index is -4.66. The van der Waals surface area contributed by atoms with Gasteiger partial charge in [0.05, 0.1) is 23.3 Å². The first kappa shape index (κ1) is 17.3. The van der Waals surface area contributed by atoms with Gasteiger partial charge in [-0.25, -0.2) is 13.2 Å². The van der Waals surface area contributed by atoms with Gasteiger partial charge in [0.15, 0.2) is 0 Å². The zero-order valence-corrected chi connectivity index (χ0v) is 13.2. The molecule has 0 radical (unpaired) electrons. The normalized spacial score (nSPS) is 12.0. The number of halogens is 3. The topological polar surface area (TPSA) is 72.5 Å². The van der Waals surface area contributed by atoms with Gasteiger partial charge in [-0.1, -0.05) is 6.07 Å². The summed E-state index contributed by atoms with van der Waals surface area (Å²) >= 11 is 0.944. The molecule has 0 saturated heterocycles. The lowest BCUT2D eigenvalue weighted by Crippen LogP contribution is -2.16. The van der Waals surface area contributed by atoms with Crippen LogP contribution in [0.5, 0.6) is 0 Å². The summed E-state index contributed by atoms with van der Waals surface area (Å²) < 4.78 is 69.1. The molecule has 0 aliphatic rings. The van der Waals surface area contributed by atoms with Crippen LogP contribution in [-0.4, -0.2) is 21.5 Å². The summed E-state index contributed by atoms with van der Waals surface area (Å²) in [7, 11) is -3.15. The standard InChI is InChI=1S/C13H10F3NO4S2/c1-21-12(18)11-10(5-6-22-11)17-23(19,20)9-4-2-3-8(7-9)13(14,15)16/h2-7,17H,1H3. The van der Waals surface area contributed by atoms with Crippen molar-refractivity contribution >= 4 is 33.0 Å². The Morgan fingerprint density at radius 3 is 2.57 bits per heavy atom. The third-order valence-corrected chi connectivity index (χ3v) is 5.01. The van der Waals surface area contributed by atoms with Crippen LogP contribution < -0.4 is 4.72 Å². The molecular weight excluding hydrogens is 355 g/mol. The number of benzene rings is 1. The van der Waals surface area contributed by atoms with E-state index in [1.807, 2.05) is 0 Å². The highest BCUT2D eigenvalue weighted by atomic mass is 32.2. The molecule has 5 nitrogen and oxygen atoms in total. The Morgan fingerprint density at radius 1 is 1.26 bits per heavy atom. The van der Waals surface area contributed by atoms with Crippen LogP contribution in [0.4, 0.5) is 18.9 Å². The summed E-state index contributed by atoms with van der Waals surface area (Å²) in [6.07, 6.45) is -4.66. The van der Waals surface area contributed by atoms with Crippen molar-refractivity contribution in [1.82, 2.24) is 0 Å². The molecule has 0 bridgehead atoms. The first-order chi connectivity index (χ1) is 10.6. The molecule has 0 aliphatic heterocycles. The lowest BCUT2D eigenvalue weighted by molar-refractivity contribution is -0.137. The summed E-state index contributed by atoms with van der Waals surface area (Å²) in [5.41, 5.74) is -1.14. The van der Waals surface area contributed by atoms with Gasteiger partial charge in [-0.05, 0) is 29.6 Å². The monoisotopic (exact) mass is 365 g/mol. The fourth-order valence-corrected chi connectivity index (χ4v) is 3.63. The predicted octanol–water partition coefficient (Wildman–Crippen LogP) is 3.35. The second kappa shape index (κ2) is 6.20. The van der Waals surface area contributed by atoms with E-state index < -0.39 is 32.6 Å². The smallest absolute Gasteiger partial charge is 0.416 e. The maximum Gasteiger partial charge on any atom is 0.416 e. The molecule has 23 heavy (non-hydrogen) atoms. The SMILES string of the molecule is COC(=O)c1sccc1NS(=O)(=O)c1cccc(C(F)(F)F)c1. The van der Waals surface area contributed by atoms with Crippen LogP contribution in [0.1, 0.15) is 15.2 Å². The number of rotatable bonds is 4. The second-order valence-electron chi connectivity index (χ2n) is 4.29. The maximum atomic E-state index is 12.7. The zero-order chi connectivity index (χ0) is 17.3. The third-order valence-electron chi connectivity index (χ3n) is 2.75. The minimum Gasteiger partial charge on any atom is -0.465 e. The van der Waals surface area contributed by atoms with Gasteiger partial charge in [0.2, 0.25) is 0 Å². The Morgan fingerprint density at radius 2 is 1.96 bits per heavy atom. The van der Waals surface area contributed by atoms with Gasteiger partial charge < -0.3 is 4.74 Å². The predicted molar refractivity (Wildman–Crippen MR) is 77.9 cm³/mol. The first-order valence-corrected chi connectivity index (χ1v) is 8.37. The Hall–Kier alpha value is -2.07. The summed E-state index contributed by atoms with van der Waals surface area (Å²) in [5.74, 6) is -0.748. The van der Waals surface area contributed by atoms with Crippen molar-refractivity contribution in [2.24, 2.45) is 0 Å². The third kappa shape index (κ3) is 3.82. The maximum absolute atomic E-state index is 12.7. The molecule has 1 heterocycles. The Bertz CT molecular complexity index is 828. The number of hydrogen-bond acceptors (Lipinski definition) is 5. The van der Waals surface area contributed by atoms with Crippen LogP contribution in [0.3, 0.4) is 0 Å². The summed E-state index contributed by atoms with van der Waals surface area (Å²) in [6.45, 7) is 0. The molecule has 0 amide bonds. The van der Waals surface area contributed by atoms with E-state index in [-0.39, 0.29) is 10.6 Å². The number of carbonyl (C=O) groups excluding carboxylic acids is 1. The van der Waals surface area contributed by atoms with Crippen molar-refractivity contribution in [3.63, 3.8) is 0 Å². The van der Waals surface area contributed by atoms with Crippen molar-refractivity contribution in [2.45, 2.75) is 11.1 Å². The van der Waals surface area contributed by atoms with Crippen LogP contribution in [0, 0.1) is 0 Å². The molecule has 0 unspecified atom stereocenters. The van der Waals surface area contributed by atoms with Crippen LogP contribution >= 0.6 is 11.3 Å². The quantitative estimate of drug-likeness (QED) is 0.844. The molecule has 2 rings (SSSR count). The Kier molecular flexibility index (Phi) is 4.66. The number of thiophene rings is 1. The van der Waals surface area contributed by atoms with E-state index in [0.29, 0.717) is 6.07 Å². The Labute approximate surface area is 133 Å². The van der Waals surface area contributed by atoms with Crippen molar-refractivity contribution in [3.8, 4) is 0 Å². The summed E-state index contributed by atoms with van der Waals surface area (Å²) in [6, 6.07) is 4.63. The summed E-state index contributed by atoms with van der Waals surface area (Å²) in [5, 5.41) is 1.45. The van der Waals surface area contributed by atoms with Gasteiger partial charge in [-0.15, -0.1) is 11.3 Å². The number of esters is 1. The van der Waals surface area contributed by atoms with Gasteiger partial charge in [0.25, 0.3) is 10.0 Å². The second-order valence-corrected chi connectivity index (χ2v) is 6.88. The van der Waals surface area contributed by atoms with E-state index in [1.165, 1.54) is 11.4 Å². The average molecular weight is 365 g/mol. The number of ether oxygens (including phenoxy) is 1. The van der Waals surface area contributed by atoms with Crippen molar-refractivity contribution < 1.29 is 31.1 Å². The molecule has 2 aromatic rings. The van der Waals surface area contributed by atoms with Crippen LogP contribution in [0.15, 0.2) is 40.6 Å². The number of anilines is 1. The van der Waals surface area contributed by atoms with E-state index >= 15 is 0 Å². The fourth-order valence-electron chi connectivity index (χ4n) is 1.68. The van der Waals surface area contributed by atoms with E-state index in [1.54, 1.807) is 0 Å². The molecule has 0 atom stereocenters. The van der Waals surface area contributed by atoms with Gasteiger partial charge in [0, 0.05) is 0 Å². The molecule has 1 N–H and O–H groups in total. The molecule has 124 valence electrons. The highest BCUT2D eigenvalue weighted by molar-refractivity contribution is 7.92. The number of methoxy groups -OCH3 is 1. The zero-order valence-electron chi connectivity index (χ0n) is 11.5. The summed E-state index contributed by atoms with van der Waals surface area (Å²) in [4.78, 5) is 10.9. The highest BCUT2D eigenvalue weighted by Crippen LogP contribution is 2.31.